The molecule has 4 heteroatoms. The van der Waals surface area contributed by atoms with Crippen LogP contribution in [0.2, 0.25) is 0 Å². The van der Waals surface area contributed by atoms with Crippen LogP contribution in [0.3, 0.4) is 0 Å². The molecule has 1 rings (SSSR count). The van der Waals surface area contributed by atoms with Crippen LogP contribution >= 0.6 is 0 Å². The van der Waals surface area contributed by atoms with Crippen LogP contribution in [0.4, 0.5) is 0 Å². The van der Waals surface area contributed by atoms with Crippen LogP contribution in [0, 0.1) is 12.3 Å². The second kappa shape index (κ2) is 5.71. The SMILES string of the molecule is C#Cc1ccccc1C(CC(=O)O)CC(=O)O. The lowest BCUT2D eigenvalue weighted by molar-refractivity contribution is -0.139. The highest BCUT2D eigenvalue weighted by atomic mass is 16.4. The molecule has 0 unspecified atom stereocenters. The Morgan fingerprint density at radius 3 is 2.18 bits per heavy atom. The Morgan fingerprint density at radius 2 is 1.71 bits per heavy atom. The molecule has 0 aliphatic rings. The molecule has 0 aliphatic heterocycles. The smallest absolute Gasteiger partial charge is 0.303 e. The van der Waals surface area contributed by atoms with Crippen molar-refractivity contribution in [2.75, 3.05) is 0 Å². The van der Waals surface area contributed by atoms with Crippen molar-refractivity contribution in [1.29, 1.82) is 0 Å². The minimum Gasteiger partial charge on any atom is -0.481 e. The summed E-state index contributed by atoms with van der Waals surface area (Å²) in [6.45, 7) is 0. The van der Waals surface area contributed by atoms with Crippen LogP contribution in [0.1, 0.15) is 29.9 Å². The molecule has 0 radical (unpaired) electrons. The molecule has 0 aromatic heterocycles. The molecule has 1 aromatic rings. The Kier molecular flexibility index (Phi) is 4.29. The number of benzene rings is 1. The van der Waals surface area contributed by atoms with Gasteiger partial charge in [-0.1, -0.05) is 24.1 Å². The molecule has 0 spiro atoms. The minimum absolute atomic E-state index is 0.245. The molecular formula is C13H12O4. The number of carbonyl (C=O) groups is 2. The largest absolute Gasteiger partial charge is 0.481 e. The first kappa shape index (κ1) is 12.8. The van der Waals surface area contributed by atoms with Crippen LogP contribution in [-0.4, -0.2) is 22.2 Å². The number of rotatable bonds is 5. The van der Waals surface area contributed by atoms with Crippen molar-refractivity contribution >= 4 is 11.9 Å². The fourth-order valence-electron chi connectivity index (χ4n) is 1.70. The lowest BCUT2D eigenvalue weighted by Crippen LogP contribution is -2.12. The fraction of sp³-hybridized carbons (Fsp3) is 0.231. The maximum atomic E-state index is 10.7. The van der Waals surface area contributed by atoms with E-state index in [1.54, 1.807) is 24.3 Å². The molecule has 2 N–H and O–H groups in total. The molecule has 0 saturated carbocycles. The van der Waals surface area contributed by atoms with Gasteiger partial charge in [0.15, 0.2) is 0 Å². The number of carboxylic acids is 2. The molecule has 17 heavy (non-hydrogen) atoms. The van der Waals surface area contributed by atoms with Crippen molar-refractivity contribution in [2.45, 2.75) is 18.8 Å². The number of hydrogen-bond donors (Lipinski definition) is 2. The summed E-state index contributed by atoms with van der Waals surface area (Å²) in [4.78, 5) is 21.4. The van der Waals surface area contributed by atoms with E-state index in [1.807, 2.05) is 0 Å². The summed E-state index contributed by atoms with van der Waals surface area (Å²) in [7, 11) is 0. The van der Waals surface area contributed by atoms with Gasteiger partial charge in [-0.15, -0.1) is 6.42 Å². The highest BCUT2D eigenvalue weighted by Crippen LogP contribution is 2.26. The molecule has 0 atom stereocenters. The van der Waals surface area contributed by atoms with Crippen molar-refractivity contribution in [1.82, 2.24) is 0 Å². The highest BCUT2D eigenvalue weighted by molar-refractivity contribution is 5.72. The third-order valence-electron chi connectivity index (χ3n) is 2.40. The Labute approximate surface area is 98.9 Å². The van der Waals surface area contributed by atoms with Crippen LogP contribution < -0.4 is 0 Å². The first-order valence-electron chi connectivity index (χ1n) is 5.03. The molecule has 0 aliphatic carbocycles. The zero-order valence-corrected chi connectivity index (χ0v) is 9.09. The summed E-state index contributed by atoms with van der Waals surface area (Å²) in [6.07, 6.45) is 4.82. The van der Waals surface area contributed by atoms with Crippen LogP contribution in [0.15, 0.2) is 24.3 Å². The molecule has 0 bridgehead atoms. The van der Waals surface area contributed by atoms with E-state index in [4.69, 9.17) is 16.6 Å². The molecule has 4 nitrogen and oxygen atoms in total. The lowest BCUT2D eigenvalue weighted by Gasteiger charge is -2.14. The summed E-state index contributed by atoms with van der Waals surface area (Å²) in [5.74, 6) is -0.241. The zero-order chi connectivity index (χ0) is 12.8. The molecule has 0 heterocycles. The molecule has 0 saturated heterocycles. The first-order valence-corrected chi connectivity index (χ1v) is 5.03. The van der Waals surface area contributed by atoms with E-state index in [1.165, 1.54) is 0 Å². The lowest BCUT2D eigenvalue weighted by atomic mass is 9.89. The van der Waals surface area contributed by atoms with E-state index in [2.05, 4.69) is 5.92 Å². The van der Waals surface area contributed by atoms with E-state index in [0.29, 0.717) is 11.1 Å². The Bertz CT molecular complexity index is 455. The van der Waals surface area contributed by atoms with E-state index in [-0.39, 0.29) is 12.8 Å². The molecule has 0 amide bonds. The van der Waals surface area contributed by atoms with Gasteiger partial charge < -0.3 is 10.2 Å². The Hall–Kier alpha value is -2.28. The van der Waals surface area contributed by atoms with E-state index < -0.39 is 17.9 Å². The minimum atomic E-state index is -1.04. The number of hydrogen-bond acceptors (Lipinski definition) is 2. The van der Waals surface area contributed by atoms with E-state index >= 15 is 0 Å². The van der Waals surface area contributed by atoms with Gasteiger partial charge in [-0.2, -0.15) is 0 Å². The van der Waals surface area contributed by atoms with Gasteiger partial charge >= 0.3 is 11.9 Å². The number of aliphatic carboxylic acids is 2. The van der Waals surface area contributed by atoms with Gasteiger partial charge in [-0.05, 0) is 11.6 Å². The maximum absolute atomic E-state index is 10.7. The standard InChI is InChI=1S/C13H12O4/c1-2-9-5-3-4-6-11(9)10(7-12(14)15)8-13(16)17/h1,3-6,10H,7-8H2,(H,14,15)(H,16,17). The van der Waals surface area contributed by atoms with Crippen molar-refractivity contribution in [2.24, 2.45) is 0 Å². The highest BCUT2D eigenvalue weighted by Gasteiger charge is 2.20. The van der Waals surface area contributed by atoms with Crippen molar-refractivity contribution < 1.29 is 19.8 Å². The van der Waals surface area contributed by atoms with Gasteiger partial charge in [0.1, 0.15) is 0 Å². The third-order valence-corrected chi connectivity index (χ3v) is 2.40. The second-order valence-corrected chi connectivity index (χ2v) is 3.62. The van der Waals surface area contributed by atoms with E-state index in [0.717, 1.165) is 0 Å². The molecule has 1 aromatic carbocycles. The molecule has 88 valence electrons. The quantitative estimate of drug-likeness (QED) is 0.758. The predicted octanol–water partition coefficient (Wildman–Crippen LogP) is 1.70. The summed E-state index contributed by atoms with van der Waals surface area (Å²) in [5.41, 5.74) is 1.14. The normalized spacial score (nSPS) is 9.88. The topological polar surface area (TPSA) is 74.6 Å². The predicted molar refractivity (Wildman–Crippen MR) is 61.6 cm³/mol. The van der Waals surface area contributed by atoms with Gasteiger partial charge in [-0.25, -0.2) is 0 Å². The summed E-state index contributed by atoms with van der Waals surface area (Å²) in [5, 5.41) is 17.6. The van der Waals surface area contributed by atoms with Crippen molar-refractivity contribution in [3.05, 3.63) is 35.4 Å². The summed E-state index contributed by atoms with van der Waals surface area (Å²) in [6, 6.07) is 6.79. The average Bonchev–Trinajstić information content (AvgIpc) is 2.27. The molecular weight excluding hydrogens is 220 g/mol. The fourth-order valence-corrected chi connectivity index (χ4v) is 1.70. The number of terminal acetylenes is 1. The third kappa shape index (κ3) is 3.65. The van der Waals surface area contributed by atoms with E-state index in [9.17, 15) is 9.59 Å². The summed E-state index contributed by atoms with van der Waals surface area (Å²) < 4.78 is 0. The van der Waals surface area contributed by atoms with Crippen molar-refractivity contribution in [3.63, 3.8) is 0 Å². The number of carboxylic acid groups (broad SMARTS) is 2. The maximum Gasteiger partial charge on any atom is 0.303 e. The Balaban J connectivity index is 3.07. The van der Waals surface area contributed by atoms with Gasteiger partial charge in [0, 0.05) is 11.5 Å². The van der Waals surface area contributed by atoms with Gasteiger partial charge in [0.05, 0.1) is 12.8 Å². The molecule has 0 fully saturated rings. The monoisotopic (exact) mass is 232 g/mol. The zero-order valence-electron chi connectivity index (χ0n) is 9.09. The van der Waals surface area contributed by atoms with Gasteiger partial charge in [0.25, 0.3) is 0 Å². The van der Waals surface area contributed by atoms with Crippen molar-refractivity contribution in [3.8, 4) is 12.3 Å². The van der Waals surface area contributed by atoms with Crippen LogP contribution in [0.5, 0.6) is 0 Å². The van der Waals surface area contributed by atoms with Gasteiger partial charge in [0.2, 0.25) is 0 Å². The van der Waals surface area contributed by atoms with Gasteiger partial charge in [-0.3, -0.25) is 9.59 Å². The Morgan fingerprint density at radius 1 is 1.18 bits per heavy atom. The van der Waals surface area contributed by atoms with Crippen LogP contribution in [-0.2, 0) is 9.59 Å². The second-order valence-electron chi connectivity index (χ2n) is 3.62. The van der Waals surface area contributed by atoms with Crippen LogP contribution in [0.25, 0.3) is 0 Å². The summed E-state index contributed by atoms with van der Waals surface area (Å²) >= 11 is 0. The average molecular weight is 232 g/mol. The first-order chi connectivity index (χ1) is 8.04.